The van der Waals surface area contributed by atoms with Crippen LogP contribution in [0.2, 0.25) is 0 Å². The molecular weight excluding hydrogens is 464 g/mol. The minimum atomic E-state index is -1.00. The molecule has 3 rings (SSSR count). The van der Waals surface area contributed by atoms with E-state index in [2.05, 4.69) is 5.32 Å². The van der Waals surface area contributed by atoms with E-state index in [4.69, 9.17) is 4.74 Å². The van der Waals surface area contributed by atoms with Gasteiger partial charge in [-0.15, -0.1) is 0 Å². The number of hydrogen-bond acceptors (Lipinski definition) is 6. The Morgan fingerprint density at radius 2 is 1.80 bits per heavy atom. The molecule has 2 atom stereocenters. The predicted octanol–water partition coefficient (Wildman–Crippen LogP) is 4.07. The maximum absolute atomic E-state index is 13.6. The van der Waals surface area contributed by atoms with Crippen LogP contribution in [-0.2, 0) is 23.9 Å². The third-order valence-corrected chi connectivity index (χ3v) is 6.82. The fraction of sp³-hybridized carbons (Fsp3) is 0.333. The lowest BCUT2D eigenvalue weighted by Crippen LogP contribution is -2.51. The summed E-state index contributed by atoms with van der Waals surface area (Å²) in [6.45, 7) is 6.70. The predicted molar refractivity (Wildman–Crippen MR) is 139 cm³/mol. The number of thioether (sulfide) groups is 1. The maximum atomic E-state index is 13.6. The van der Waals surface area contributed by atoms with Crippen LogP contribution in [0.25, 0.3) is 17.2 Å². The Morgan fingerprint density at radius 1 is 1.09 bits per heavy atom. The first kappa shape index (κ1) is 26.2. The van der Waals surface area contributed by atoms with Crippen LogP contribution in [0.5, 0.6) is 0 Å². The number of carbonyl (C=O) groups excluding carboxylic acids is 4. The molecule has 0 bridgehead atoms. The Kier molecular flexibility index (Phi) is 8.87. The maximum Gasteiger partial charge on any atom is 0.326 e. The van der Waals surface area contributed by atoms with Crippen molar-refractivity contribution in [2.75, 3.05) is 18.1 Å². The summed E-state index contributed by atoms with van der Waals surface area (Å²) in [5.74, 6) is -1.52. The summed E-state index contributed by atoms with van der Waals surface area (Å²) in [5.41, 5.74) is 3.14. The number of fused-ring (bicyclic) bond motifs is 1. The van der Waals surface area contributed by atoms with Crippen molar-refractivity contribution in [2.45, 2.75) is 39.0 Å². The molecule has 1 aliphatic rings. The molecule has 0 radical (unpaired) electrons. The van der Waals surface area contributed by atoms with Crippen molar-refractivity contribution in [3.63, 3.8) is 0 Å². The Balaban J connectivity index is 1.96. The molecule has 1 N–H and O–H groups in total. The lowest BCUT2D eigenvalue weighted by Gasteiger charge is -2.27. The van der Waals surface area contributed by atoms with Crippen molar-refractivity contribution in [1.82, 2.24) is 5.32 Å². The molecule has 8 heteroatoms. The van der Waals surface area contributed by atoms with Gasteiger partial charge in [-0.1, -0.05) is 80.2 Å². The van der Waals surface area contributed by atoms with Crippen LogP contribution in [-0.4, -0.2) is 47.3 Å². The third kappa shape index (κ3) is 6.60. The largest absolute Gasteiger partial charge is 0.465 e. The van der Waals surface area contributed by atoms with E-state index in [1.165, 1.54) is 11.8 Å². The van der Waals surface area contributed by atoms with Gasteiger partial charge < -0.3 is 10.1 Å². The van der Waals surface area contributed by atoms with Crippen molar-refractivity contribution in [2.24, 2.45) is 5.92 Å². The normalized spacial score (nSPS) is 15.9. The summed E-state index contributed by atoms with van der Waals surface area (Å²) in [5, 5.41) is 1.96. The van der Waals surface area contributed by atoms with Crippen molar-refractivity contribution in [3.05, 3.63) is 60.2 Å². The van der Waals surface area contributed by atoms with E-state index in [-0.39, 0.29) is 24.2 Å². The molecule has 0 aliphatic carbocycles. The average Bonchev–Trinajstić information content (AvgIpc) is 2.95. The Labute approximate surface area is 209 Å². The molecule has 0 saturated heterocycles. The van der Waals surface area contributed by atoms with Crippen LogP contribution in [0, 0.1) is 5.92 Å². The Morgan fingerprint density at radius 3 is 2.43 bits per heavy atom. The van der Waals surface area contributed by atoms with Crippen molar-refractivity contribution >= 4 is 46.4 Å². The van der Waals surface area contributed by atoms with E-state index in [1.807, 2.05) is 62.4 Å². The highest BCUT2D eigenvalue weighted by Gasteiger charge is 2.33. The fourth-order valence-corrected chi connectivity index (χ4v) is 4.62. The molecule has 0 spiro atoms. The highest BCUT2D eigenvalue weighted by atomic mass is 32.2. The standard InChI is InChI=1S/C27H30N2O5S/c1-5-34-24(31)16-29-23-15-21(19-9-7-6-8-10-19)12-11-20(23)13-14-22(27(29)33)28-26(32)25(17(2)3)35-18(4)30/h6-15,17,22,25H,5,16H2,1-4H3,(H,28,32)/t22?,25-/m0/s1. The highest BCUT2D eigenvalue weighted by molar-refractivity contribution is 8.14. The van der Waals surface area contributed by atoms with Crippen LogP contribution in [0.15, 0.2) is 54.6 Å². The minimum Gasteiger partial charge on any atom is -0.465 e. The number of nitrogens with one attached hydrogen (secondary N) is 1. The summed E-state index contributed by atoms with van der Waals surface area (Å²) < 4.78 is 5.11. The number of benzene rings is 2. The molecule has 2 aromatic carbocycles. The van der Waals surface area contributed by atoms with Gasteiger partial charge in [-0.2, -0.15) is 0 Å². The zero-order valence-electron chi connectivity index (χ0n) is 20.3. The number of rotatable bonds is 8. The number of carbonyl (C=O) groups is 4. The molecule has 1 unspecified atom stereocenters. The summed E-state index contributed by atoms with van der Waals surface area (Å²) in [6.07, 6.45) is 3.38. The van der Waals surface area contributed by atoms with Crippen LogP contribution in [0.3, 0.4) is 0 Å². The number of hydrogen-bond donors (Lipinski definition) is 1. The quantitative estimate of drug-likeness (QED) is 0.557. The zero-order valence-corrected chi connectivity index (χ0v) is 21.1. The van der Waals surface area contributed by atoms with Crippen molar-refractivity contribution < 1.29 is 23.9 Å². The van der Waals surface area contributed by atoms with Crippen LogP contribution in [0.1, 0.15) is 33.3 Å². The molecular formula is C27H30N2O5S. The molecule has 0 aromatic heterocycles. The second-order valence-corrected chi connectivity index (χ2v) is 9.81. The molecule has 0 fully saturated rings. The average molecular weight is 495 g/mol. The lowest BCUT2D eigenvalue weighted by atomic mass is 10.0. The van der Waals surface area contributed by atoms with Gasteiger partial charge in [-0.25, -0.2) is 0 Å². The first-order valence-electron chi connectivity index (χ1n) is 11.5. The molecule has 35 heavy (non-hydrogen) atoms. The van der Waals surface area contributed by atoms with E-state index >= 15 is 0 Å². The van der Waals surface area contributed by atoms with Gasteiger partial charge in [0.25, 0.3) is 5.91 Å². The van der Waals surface area contributed by atoms with E-state index < -0.39 is 29.1 Å². The smallest absolute Gasteiger partial charge is 0.326 e. The number of esters is 1. The Bertz CT molecular complexity index is 1130. The first-order chi connectivity index (χ1) is 16.7. The zero-order chi connectivity index (χ0) is 25.5. The minimum absolute atomic E-state index is 0.116. The highest BCUT2D eigenvalue weighted by Crippen LogP contribution is 2.32. The third-order valence-electron chi connectivity index (χ3n) is 5.48. The van der Waals surface area contributed by atoms with Gasteiger partial charge in [-0.3, -0.25) is 24.1 Å². The molecule has 1 aliphatic heterocycles. The summed E-state index contributed by atoms with van der Waals surface area (Å²) in [6, 6.07) is 14.4. The SMILES string of the molecule is CCOC(=O)CN1C(=O)C(NC(=O)[C@@H](SC(C)=O)C(C)C)C=Cc2ccc(-c3ccccc3)cc21. The monoisotopic (exact) mass is 494 g/mol. The number of ether oxygens (including phenoxy) is 1. The molecule has 0 saturated carbocycles. The van der Waals surface area contributed by atoms with E-state index in [0.29, 0.717) is 5.69 Å². The van der Waals surface area contributed by atoms with E-state index in [0.717, 1.165) is 28.5 Å². The first-order valence-corrected chi connectivity index (χ1v) is 12.4. The summed E-state index contributed by atoms with van der Waals surface area (Å²) in [4.78, 5) is 52.1. The Hall–Kier alpha value is -3.39. The lowest BCUT2D eigenvalue weighted by molar-refractivity contribution is -0.142. The molecule has 1 heterocycles. The van der Waals surface area contributed by atoms with Crippen molar-refractivity contribution in [1.29, 1.82) is 0 Å². The summed E-state index contributed by atoms with van der Waals surface area (Å²) >= 11 is 0.942. The van der Waals surface area contributed by atoms with Gasteiger partial charge in [0.2, 0.25) is 5.91 Å². The van der Waals surface area contributed by atoms with Gasteiger partial charge >= 0.3 is 5.97 Å². The van der Waals surface area contributed by atoms with E-state index in [9.17, 15) is 19.2 Å². The van der Waals surface area contributed by atoms with Gasteiger partial charge in [0.15, 0.2) is 5.12 Å². The summed E-state index contributed by atoms with van der Waals surface area (Å²) in [7, 11) is 0. The molecule has 2 amide bonds. The number of amides is 2. The van der Waals surface area contributed by atoms with Crippen LogP contribution in [0.4, 0.5) is 5.69 Å². The topological polar surface area (TPSA) is 92.8 Å². The van der Waals surface area contributed by atoms with Crippen LogP contribution < -0.4 is 10.2 Å². The van der Waals surface area contributed by atoms with Gasteiger partial charge in [0, 0.05) is 6.92 Å². The number of nitrogens with zero attached hydrogens (tertiary/aromatic N) is 1. The van der Waals surface area contributed by atoms with Gasteiger partial charge in [0.1, 0.15) is 12.6 Å². The second kappa shape index (κ2) is 11.8. The van der Waals surface area contributed by atoms with E-state index in [1.54, 1.807) is 19.1 Å². The van der Waals surface area contributed by atoms with Gasteiger partial charge in [-0.05, 0) is 35.6 Å². The molecule has 2 aromatic rings. The van der Waals surface area contributed by atoms with Gasteiger partial charge in [0.05, 0.1) is 17.5 Å². The number of anilines is 1. The van der Waals surface area contributed by atoms with Crippen LogP contribution >= 0.6 is 11.8 Å². The molecule has 184 valence electrons. The van der Waals surface area contributed by atoms with Crippen molar-refractivity contribution in [3.8, 4) is 11.1 Å². The molecule has 7 nitrogen and oxygen atoms in total. The second-order valence-electron chi connectivity index (χ2n) is 8.49. The fourth-order valence-electron chi connectivity index (χ4n) is 3.81.